The van der Waals surface area contributed by atoms with E-state index < -0.39 is 0 Å². The molecule has 1 unspecified atom stereocenters. The molecule has 29 heavy (non-hydrogen) atoms. The van der Waals surface area contributed by atoms with Crippen LogP contribution in [0.4, 0.5) is 0 Å². The van der Waals surface area contributed by atoms with Crippen molar-refractivity contribution in [1.82, 2.24) is 10.6 Å². The van der Waals surface area contributed by atoms with Crippen LogP contribution in [-0.4, -0.2) is 32.3 Å². The fraction of sp³-hybridized carbons (Fsp3) is 0.348. The summed E-state index contributed by atoms with van der Waals surface area (Å²) >= 11 is 0. The van der Waals surface area contributed by atoms with Gasteiger partial charge in [0.1, 0.15) is 23.2 Å². The summed E-state index contributed by atoms with van der Waals surface area (Å²) in [6.07, 6.45) is 1.06. The third kappa shape index (κ3) is 4.90. The molecule has 0 bridgehead atoms. The van der Waals surface area contributed by atoms with Gasteiger partial charge in [-0.3, -0.25) is 4.99 Å². The molecule has 0 radical (unpaired) electrons. The molecule has 2 N–H and O–H groups in total. The monoisotopic (exact) mass is 393 g/mol. The van der Waals surface area contributed by atoms with Gasteiger partial charge in [-0.05, 0) is 30.7 Å². The molecule has 1 saturated heterocycles. The highest BCUT2D eigenvalue weighted by molar-refractivity contribution is 5.80. The van der Waals surface area contributed by atoms with E-state index in [1.165, 1.54) is 5.56 Å². The molecule has 4 rings (SSSR count). The molecule has 1 aliphatic heterocycles. The third-order valence-corrected chi connectivity index (χ3v) is 4.98. The molecule has 2 aromatic carbocycles. The summed E-state index contributed by atoms with van der Waals surface area (Å²) < 4.78 is 17.5. The zero-order valence-corrected chi connectivity index (χ0v) is 16.9. The number of fused-ring (bicyclic) bond motifs is 1. The van der Waals surface area contributed by atoms with Crippen molar-refractivity contribution in [3.05, 3.63) is 65.4 Å². The number of hydrogen-bond donors (Lipinski definition) is 2. The van der Waals surface area contributed by atoms with E-state index in [0.717, 1.165) is 41.1 Å². The van der Waals surface area contributed by atoms with Crippen LogP contribution in [0.2, 0.25) is 0 Å². The Bertz CT molecular complexity index is 957. The molecule has 152 valence electrons. The van der Waals surface area contributed by atoms with Gasteiger partial charge < -0.3 is 24.5 Å². The first-order valence-corrected chi connectivity index (χ1v) is 9.97. The van der Waals surface area contributed by atoms with Gasteiger partial charge in [0.25, 0.3) is 0 Å². The number of furan rings is 1. The summed E-state index contributed by atoms with van der Waals surface area (Å²) in [5, 5.41) is 7.77. The molecular formula is C23H27N3O3. The minimum atomic E-state index is 0.126. The van der Waals surface area contributed by atoms with Crippen molar-refractivity contribution in [2.75, 3.05) is 20.3 Å². The van der Waals surface area contributed by atoms with Gasteiger partial charge in [-0.15, -0.1) is 0 Å². The van der Waals surface area contributed by atoms with Gasteiger partial charge in [0, 0.05) is 31.0 Å². The van der Waals surface area contributed by atoms with Gasteiger partial charge >= 0.3 is 0 Å². The lowest BCUT2D eigenvalue weighted by molar-refractivity contribution is 0.140. The van der Waals surface area contributed by atoms with Crippen LogP contribution in [0.15, 0.2) is 57.9 Å². The standard InChI is InChI=1S/C23H27N3O3/c1-16-7-8-18(22(11-16)28-19-9-10-27-15-19)13-25-23(24-2)26-14-20-12-17-5-3-4-6-21(17)29-20/h3-8,11-12,19H,9-10,13-15H2,1-2H3,(H2,24,25,26). The highest BCUT2D eigenvalue weighted by Crippen LogP contribution is 2.24. The normalized spacial score (nSPS) is 16.9. The van der Waals surface area contributed by atoms with Crippen LogP contribution in [0.5, 0.6) is 5.75 Å². The zero-order chi connectivity index (χ0) is 20.1. The lowest BCUT2D eigenvalue weighted by atomic mass is 10.1. The maximum Gasteiger partial charge on any atom is 0.191 e. The van der Waals surface area contributed by atoms with Crippen molar-refractivity contribution >= 4 is 16.9 Å². The van der Waals surface area contributed by atoms with Gasteiger partial charge in [0.2, 0.25) is 0 Å². The summed E-state index contributed by atoms with van der Waals surface area (Å²) in [7, 11) is 1.76. The van der Waals surface area contributed by atoms with Crippen LogP contribution in [0, 0.1) is 6.92 Å². The molecule has 1 aliphatic rings. The van der Waals surface area contributed by atoms with Crippen molar-refractivity contribution in [3.8, 4) is 5.75 Å². The Morgan fingerprint density at radius 2 is 2.00 bits per heavy atom. The molecule has 6 heteroatoms. The second kappa shape index (κ2) is 9.01. The number of rotatable bonds is 6. The molecule has 2 heterocycles. The lowest BCUT2D eigenvalue weighted by Gasteiger charge is -2.18. The van der Waals surface area contributed by atoms with E-state index in [1.807, 2.05) is 30.3 Å². The molecular weight excluding hydrogens is 366 g/mol. The molecule has 0 amide bonds. The average Bonchev–Trinajstić information content (AvgIpc) is 3.38. The Balaban J connectivity index is 1.36. The number of aryl methyl sites for hydroxylation is 1. The number of guanidine groups is 1. The van der Waals surface area contributed by atoms with E-state index in [2.05, 4.69) is 40.7 Å². The van der Waals surface area contributed by atoms with Crippen molar-refractivity contribution in [3.63, 3.8) is 0 Å². The second-order valence-electron chi connectivity index (χ2n) is 7.24. The molecule has 1 fully saturated rings. The maximum absolute atomic E-state index is 6.18. The number of nitrogens with zero attached hydrogens (tertiary/aromatic N) is 1. The Morgan fingerprint density at radius 1 is 1.14 bits per heavy atom. The van der Waals surface area contributed by atoms with Gasteiger partial charge in [-0.2, -0.15) is 0 Å². The third-order valence-electron chi connectivity index (χ3n) is 4.98. The van der Waals surface area contributed by atoms with Crippen LogP contribution >= 0.6 is 0 Å². The quantitative estimate of drug-likeness (QED) is 0.493. The summed E-state index contributed by atoms with van der Waals surface area (Å²) in [6, 6.07) is 16.3. The van der Waals surface area contributed by atoms with E-state index in [0.29, 0.717) is 25.7 Å². The number of nitrogens with one attached hydrogen (secondary N) is 2. The number of benzene rings is 2. The molecule has 0 aliphatic carbocycles. The largest absolute Gasteiger partial charge is 0.488 e. The van der Waals surface area contributed by atoms with Gasteiger partial charge in [0.05, 0.1) is 19.8 Å². The van der Waals surface area contributed by atoms with E-state index in [1.54, 1.807) is 7.05 Å². The zero-order valence-electron chi connectivity index (χ0n) is 16.9. The maximum atomic E-state index is 6.18. The predicted octanol–water partition coefficient (Wildman–Crippen LogP) is 3.77. The van der Waals surface area contributed by atoms with Gasteiger partial charge in [0.15, 0.2) is 5.96 Å². The Hall–Kier alpha value is -2.99. The average molecular weight is 393 g/mol. The number of hydrogen-bond acceptors (Lipinski definition) is 4. The van der Waals surface area contributed by atoms with Crippen molar-refractivity contribution in [2.45, 2.75) is 32.5 Å². The highest BCUT2D eigenvalue weighted by Gasteiger charge is 2.18. The van der Waals surface area contributed by atoms with Crippen LogP contribution < -0.4 is 15.4 Å². The summed E-state index contributed by atoms with van der Waals surface area (Å²) in [5.41, 5.74) is 3.16. The predicted molar refractivity (Wildman–Crippen MR) is 114 cm³/mol. The summed E-state index contributed by atoms with van der Waals surface area (Å²) in [5.74, 6) is 2.48. The molecule has 0 spiro atoms. The Kier molecular flexibility index (Phi) is 6.00. The molecule has 6 nitrogen and oxygen atoms in total. The van der Waals surface area contributed by atoms with Crippen molar-refractivity contribution in [1.29, 1.82) is 0 Å². The first-order chi connectivity index (χ1) is 14.2. The van der Waals surface area contributed by atoms with Gasteiger partial charge in [-0.1, -0.05) is 30.3 Å². The fourth-order valence-electron chi connectivity index (χ4n) is 3.40. The second-order valence-corrected chi connectivity index (χ2v) is 7.24. The Morgan fingerprint density at radius 3 is 2.79 bits per heavy atom. The van der Waals surface area contributed by atoms with Crippen LogP contribution in [0.3, 0.4) is 0 Å². The first kappa shape index (κ1) is 19.3. The van der Waals surface area contributed by atoms with Crippen molar-refractivity contribution in [2.24, 2.45) is 4.99 Å². The number of para-hydroxylation sites is 1. The molecule has 1 aromatic heterocycles. The topological polar surface area (TPSA) is 68.0 Å². The van der Waals surface area contributed by atoms with E-state index in [4.69, 9.17) is 13.9 Å². The van der Waals surface area contributed by atoms with Gasteiger partial charge in [-0.25, -0.2) is 0 Å². The molecule has 1 atom stereocenters. The van der Waals surface area contributed by atoms with E-state index in [-0.39, 0.29) is 6.10 Å². The Labute approximate surface area is 170 Å². The first-order valence-electron chi connectivity index (χ1n) is 9.97. The number of aliphatic imine (C=N–C) groups is 1. The fourth-order valence-corrected chi connectivity index (χ4v) is 3.40. The summed E-state index contributed by atoms with van der Waals surface area (Å²) in [6.45, 7) is 4.67. The minimum absolute atomic E-state index is 0.126. The van der Waals surface area contributed by atoms with Crippen molar-refractivity contribution < 1.29 is 13.9 Å². The van der Waals surface area contributed by atoms with Crippen LogP contribution in [0.1, 0.15) is 23.3 Å². The summed E-state index contributed by atoms with van der Waals surface area (Å²) in [4.78, 5) is 4.31. The van der Waals surface area contributed by atoms with E-state index in [9.17, 15) is 0 Å². The SMILES string of the molecule is CN=C(NCc1cc2ccccc2o1)NCc1ccc(C)cc1OC1CCOC1. The van der Waals surface area contributed by atoms with E-state index >= 15 is 0 Å². The van der Waals surface area contributed by atoms with Crippen LogP contribution in [0.25, 0.3) is 11.0 Å². The number of ether oxygens (including phenoxy) is 2. The highest BCUT2D eigenvalue weighted by atomic mass is 16.5. The minimum Gasteiger partial charge on any atom is -0.488 e. The van der Waals surface area contributed by atoms with Crippen LogP contribution in [-0.2, 0) is 17.8 Å². The lowest BCUT2D eigenvalue weighted by Crippen LogP contribution is -2.36. The smallest absolute Gasteiger partial charge is 0.191 e. The molecule has 3 aromatic rings. The molecule has 0 saturated carbocycles.